The predicted octanol–water partition coefficient (Wildman–Crippen LogP) is 3.26. The van der Waals surface area contributed by atoms with Gasteiger partial charge in [0.15, 0.2) is 12.0 Å². The van der Waals surface area contributed by atoms with Crippen molar-refractivity contribution in [2.24, 2.45) is 34.3 Å². The van der Waals surface area contributed by atoms with Gasteiger partial charge in [-0.25, -0.2) is 4.39 Å². The van der Waals surface area contributed by atoms with E-state index in [1.165, 1.54) is 0 Å². The third kappa shape index (κ3) is 1.72. The van der Waals surface area contributed by atoms with Crippen LogP contribution in [0, 0.1) is 28.6 Å². The Balaban J connectivity index is 1.80. The molecule has 6 atom stereocenters. The number of carbonyl (C=O) groups is 2. The number of fused-ring (bicyclic) bond motifs is 5. The van der Waals surface area contributed by atoms with Crippen LogP contribution in [0.5, 0.6) is 0 Å². The summed E-state index contributed by atoms with van der Waals surface area (Å²) in [4.78, 5) is 24.4. The van der Waals surface area contributed by atoms with Crippen LogP contribution in [-0.2, 0) is 9.59 Å². The first-order valence-corrected chi connectivity index (χ1v) is 8.80. The smallest absolute Gasteiger partial charge is 0.201 e. The number of carbonyl (C=O) groups excluding carboxylic acids is 2. The second-order valence-corrected chi connectivity index (χ2v) is 8.48. The van der Waals surface area contributed by atoms with Crippen molar-refractivity contribution in [2.45, 2.75) is 45.7 Å². The Morgan fingerprint density at radius 2 is 2.00 bits per heavy atom. The first kappa shape index (κ1) is 15.8. The number of nitrogens with two attached hydrogens (primary N) is 1. The highest BCUT2D eigenvalue weighted by Crippen LogP contribution is 2.64. The van der Waals surface area contributed by atoms with Gasteiger partial charge in [0, 0.05) is 10.8 Å². The zero-order valence-corrected chi connectivity index (χ0v) is 14.3. The first-order valence-electron chi connectivity index (χ1n) is 8.80. The average Bonchev–Trinajstić information content (AvgIpc) is 2.75. The second kappa shape index (κ2) is 4.68. The van der Waals surface area contributed by atoms with E-state index < -0.39 is 11.6 Å². The van der Waals surface area contributed by atoms with Crippen molar-refractivity contribution >= 4 is 11.6 Å². The predicted molar refractivity (Wildman–Crippen MR) is 89.6 cm³/mol. The maximum atomic E-state index is 14.2. The van der Waals surface area contributed by atoms with Gasteiger partial charge in [0.25, 0.3) is 0 Å². The minimum Gasteiger partial charge on any atom is -0.395 e. The fraction of sp³-hybridized carbons (Fsp3) is 0.600. The van der Waals surface area contributed by atoms with E-state index in [4.69, 9.17) is 5.73 Å². The molecule has 4 aliphatic rings. The minimum atomic E-state index is -1.33. The van der Waals surface area contributed by atoms with Crippen molar-refractivity contribution in [2.75, 3.05) is 0 Å². The SMILES string of the molecule is C=C1C[C@@H]2[C@H](CC[C@]3(C)C(=O)[C@H](F)C[C@@H]23)[C@@]2(C)C=CC(=O)C(N)=C12. The van der Waals surface area contributed by atoms with Crippen LogP contribution in [0.2, 0.25) is 0 Å². The van der Waals surface area contributed by atoms with E-state index in [9.17, 15) is 14.0 Å². The number of alkyl halides is 1. The van der Waals surface area contributed by atoms with Crippen molar-refractivity contribution < 1.29 is 14.0 Å². The molecule has 0 bridgehead atoms. The van der Waals surface area contributed by atoms with E-state index in [1.807, 2.05) is 13.0 Å². The number of rotatable bonds is 0. The lowest BCUT2D eigenvalue weighted by molar-refractivity contribution is -0.134. The van der Waals surface area contributed by atoms with Crippen molar-refractivity contribution in [3.05, 3.63) is 35.6 Å². The van der Waals surface area contributed by atoms with Crippen LogP contribution in [0.15, 0.2) is 35.6 Å². The maximum absolute atomic E-state index is 14.2. The fourth-order valence-electron chi connectivity index (χ4n) is 6.17. The molecular formula is C20H24FNO2. The van der Waals surface area contributed by atoms with Crippen LogP contribution < -0.4 is 5.73 Å². The number of allylic oxidation sites excluding steroid dienone is 4. The summed E-state index contributed by atoms with van der Waals surface area (Å²) in [5.74, 6) is 0.193. The Hall–Kier alpha value is -1.71. The van der Waals surface area contributed by atoms with Gasteiger partial charge in [0.05, 0.1) is 5.70 Å². The molecule has 128 valence electrons. The molecule has 0 spiro atoms. The van der Waals surface area contributed by atoms with Gasteiger partial charge in [-0.1, -0.05) is 26.5 Å². The Morgan fingerprint density at radius 1 is 1.29 bits per heavy atom. The van der Waals surface area contributed by atoms with Crippen LogP contribution in [0.3, 0.4) is 0 Å². The molecule has 4 aliphatic carbocycles. The molecule has 0 radical (unpaired) electrons. The van der Waals surface area contributed by atoms with Gasteiger partial charge in [-0.15, -0.1) is 0 Å². The molecule has 0 heterocycles. The summed E-state index contributed by atoms with van der Waals surface area (Å²) < 4.78 is 14.2. The van der Waals surface area contributed by atoms with Gasteiger partial charge in [-0.3, -0.25) is 9.59 Å². The fourth-order valence-corrected chi connectivity index (χ4v) is 6.17. The summed E-state index contributed by atoms with van der Waals surface area (Å²) in [7, 11) is 0. The molecule has 3 saturated carbocycles. The lowest BCUT2D eigenvalue weighted by atomic mass is 9.47. The Morgan fingerprint density at radius 3 is 2.71 bits per heavy atom. The van der Waals surface area contributed by atoms with Gasteiger partial charge in [0.2, 0.25) is 5.78 Å². The zero-order chi connectivity index (χ0) is 17.4. The molecule has 0 unspecified atom stereocenters. The molecule has 3 fully saturated rings. The average molecular weight is 329 g/mol. The Labute approximate surface area is 141 Å². The largest absolute Gasteiger partial charge is 0.395 e. The van der Waals surface area contributed by atoms with Crippen LogP contribution in [0.25, 0.3) is 0 Å². The van der Waals surface area contributed by atoms with Gasteiger partial charge in [-0.2, -0.15) is 0 Å². The molecule has 0 aromatic rings. The number of Topliss-reactive ketones (excluding diaryl/α,β-unsaturated/α-hetero) is 1. The number of hydrogen-bond donors (Lipinski definition) is 1. The summed E-state index contributed by atoms with van der Waals surface area (Å²) in [6.45, 7) is 8.25. The van der Waals surface area contributed by atoms with Crippen LogP contribution in [0.4, 0.5) is 4.39 Å². The number of ketones is 2. The Bertz CT molecular complexity index is 736. The second-order valence-electron chi connectivity index (χ2n) is 8.48. The summed E-state index contributed by atoms with van der Waals surface area (Å²) in [5.41, 5.74) is 7.30. The van der Waals surface area contributed by atoms with E-state index in [0.29, 0.717) is 18.5 Å². The number of hydrogen-bond acceptors (Lipinski definition) is 3. The minimum absolute atomic E-state index is 0.0566. The van der Waals surface area contributed by atoms with Gasteiger partial charge >= 0.3 is 0 Å². The number of halogens is 1. The lowest BCUT2D eigenvalue weighted by Gasteiger charge is -2.56. The standard InChI is InChI=1S/C20H24FNO2/c1-10-8-11-12(19(2)7-5-15(23)17(22)16(10)19)4-6-20(3)13(11)9-14(21)18(20)24/h5,7,11-14H,1,4,6,8-9,22H2,2-3H3/t11-,12+,13+,14-,19-,20+/m1/s1. The van der Waals surface area contributed by atoms with E-state index in [2.05, 4.69) is 13.5 Å². The monoisotopic (exact) mass is 329 g/mol. The summed E-state index contributed by atoms with van der Waals surface area (Å²) in [5, 5.41) is 0. The van der Waals surface area contributed by atoms with Crippen LogP contribution in [-0.4, -0.2) is 17.7 Å². The third-order valence-electron chi connectivity index (χ3n) is 7.40. The van der Waals surface area contributed by atoms with Crippen LogP contribution in [0.1, 0.15) is 39.5 Å². The summed E-state index contributed by atoms with van der Waals surface area (Å²) >= 11 is 0. The van der Waals surface area contributed by atoms with E-state index in [-0.39, 0.29) is 34.7 Å². The molecule has 4 heteroatoms. The van der Waals surface area contributed by atoms with E-state index >= 15 is 0 Å². The highest BCUT2D eigenvalue weighted by Gasteiger charge is 2.62. The lowest BCUT2D eigenvalue weighted by Crippen LogP contribution is -2.51. The van der Waals surface area contributed by atoms with Gasteiger partial charge < -0.3 is 5.73 Å². The topological polar surface area (TPSA) is 60.2 Å². The third-order valence-corrected chi connectivity index (χ3v) is 7.40. The normalized spacial score (nSPS) is 47.5. The molecule has 2 N–H and O–H groups in total. The summed E-state index contributed by atoms with van der Waals surface area (Å²) in [6, 6.07) is 0. The van der Waals surface area contributed by atoms with Crippen LogP contribution >= 0.6 is 0 Å². The molecule has 0 saturated heterocycles. The van der Waals surface area contributed by atoms with Crippen molar-refractivity contribution in [3.63, 3.8) is 0 Å². The molecule has 3 nitrogen and oxygen atoms in total. The van der Waals surface area contributed by atoms with E-state index in [0.717, 1.165) is 24.0 Å². The van der Waals surface area contributed by atoms with Crippen molar-refractivity contribution in [1.29, 1.82) is 0 Å². The van der Waals surface area contributed by atoms with Crippen molar-refractivity contribution in [1.82, 2.24) is 0 Å². The van der Waals surface area contributed by atoms with Gasteiger partial charge in [0.1, 0.15) is 0 Å². The first-order chi connectivity index (χ1) is 11.2. The van der Waals surface area contributed by atoms with Crippen molar-refractivity contribution in [3.8, 4) is 0 Å². The molecule has 4 rings (SSSR count). The molecule has 0 aromatic carbocycles. The highest BCUT2D eigenvalue weighted by molar-refractivity contribution is 6.06. The molecule has 24 heavy (non-hydrogen) atoms. The Kier molecular flexibility index (Phi) is 3.08. The highest BCUT2D eigenvalue weighted by atomic mass is 19.1. The molecule has 0 amide bonds. The summed E-state index contributed by atoms with van der Waals surface area (Å²) in [6.07, 6.45) is 4.82. The molecular weight excluding hydrogens is 305 g/mol. The molecule has 0 aliphatic heterocycles. The van der Waals surface area contributed by atoms with E-state index in [1.54, 1.807) is 6.08 Å². The molecule has 0 aromatic heterocycles. The van der Waals surface area contributed by atoms with Gasteiger partial charge in [-0.05, 0) is 60.7 Å². The maximum Gasteiger partial charge on any atom is 0.201 e. The quantitative estimate of drug-likeness (QED) is 0.742. The zero-order valence-electron chi connectivity index (χ0n) is 14.3.